The Morgan fingerprint density at radius 3 is 2.39 bits per heavy atom. The Balaban J connectivity index is 1.48. The molecule has 1 aromatic heterocycles. The second kappa shape index (κ2) is 9.71. The van der Waals surface area contributed by atoms with Crippen LogP contribution in [0.5, 0.6) is 0 Å². The lowest BCUT2D eigenvalue weighted by atomic mass is 10.2. The van der Waals surface area contributed by atoms with Crippen molar-refractivity contribution in [1.29, 1.82) is 0 Å². The molecule has 1 saturated heterocycles. The molecule has 0 radical (unpaired) electrons. The molecule has 148 valence electrons. The molecule has 1 N–H and O–H groups in total. The summed E-state index contributed by atoms with van der Waals surface area (Å²) < 4.78 is 0. The van der Waals surface area contributed by atoms with Gasteiger partial charge in [0.2, 0.25) is 5.91 Å². The van der Waals surface area contributed by atoms with Crippen molar-refractivity contribution in [1.82, 2.24) is 14.9 Å². The number of nitrogens with zero attached hydrogens (tertiary/aromatic N) is 4. The molecule has 3 rings (SSSR count). The van der Waals surface area contributed by atoms with E-state index in [0.717, 1.165) is 49.8 Å². The Hall–Kier alpha value is -2.38. The lowest BCUT2D eigenvalue weighted by Gasteiger charge is -2.35. The number of carbonyl (C=O) groups is 1. The van der Waals surface area contributed by atoms with E-state index in [1.54, 1.807) is 0 Å². The van der Waals surface area contributed by atoms with Crippen molar-refractivity contribution in [2.45, 2.75) is 19.0 Å². The summed E-state index contributed by atoms with van der Waals surface area (Å²) in [6.07, 6.45) is 1.96. The van der Waals surface area contributed by atoms with Crippen molar-refractivity contribution in [3.8, 4) is 0 Å². The number of hydrogen-bond donors (Lipinski definition) is 1. The number of rotatable bonds is 7. The molecule has 0 atom stereocenters. The second-order valence-electron chi connectivity index (χ2n) is 6.89. The molecule has 0 spiro atoms. The molecule has 7 heteroatoms. The third kappa shape index (κ3) is 5.81. The highest BCUT2D eigenvalue weighted by Crippen LogP contribution is 2.20. The van der Waals surface area contributed by atoms with Crippen LogP contribution in [0.3, 0.4) is 0 Å². The molecule has 0 saturated carbocycles. The highest BCUT2D eigenvalue weighted by atomic mass is 32.2. The predicted molar refractivity (Wildman–Crippen MR) is 116 cm³/mol. The molecule has 1 aliphatic rings. The van der Waals surface area contributed by atoms with Crippen LogP contribution in [0.4, 0.5) is 11.4 Å². The van der Waals surface area contributed by atoms with Crippen molar-refractivity contribution in [3.05, 3.63) is 54.4 Å². The second-order valence-corrected chi connectivity index (χ2v) is 7.84. The van der Waals surface area contributed by atoms with Gasteiger partial charge in [-0.15, -0.1) is 6.58 Å². The maximum atomic E-state index is 12.2. The van der Waals surface area contributed by atoms with E-state index in [4.69, 9.17) is 0 Å². The van der Waals surface area contributed by atoms with Crippen LogP contribution in [0.15, 0.2) is 48.1 Å². The van der Waals surface area contributed by atoms with Crippen molar-refractivity contribution in [2.75, 3.05) is 48.7 Å². The number of piperazine rings is 1. The average Bonchev–Trinajstić information content (AvgIpc) is 2.67. The van der Waals surface area contributed by atoms with Gasteiger partial charge in [-0.05, 0) is 44.2 Å². The summed E-state index contributed by atoms with van der Waals surface area (Å²) in [5.74, 6) is 0.231. The Morgan fingerprint density at radius 1 is 1.14 bits per heavy atom. The summed E-state index contributed by atoms with van der Waals surface area (Å²) in [6, 6.07) is 9.98. The molecule has 0 unspecified atom stereocenters. The van der Waals surface area contributed by atoms with E-state index in [9.17, 15) is 4.79 Å². The van der Waals surface area contributed by atoms with E-state index in [1.807, 2.05) is 38.1 Å². The highest BCUT2D eigenvalue weighted by Gasteiger charge is 2.16. The van der Waals surface area contributed by atoms with Crippen LogP contribution in [0.2, 0.25) is 0 Å². The molecule has 0 aliphatic carbocycles. The Morgan fingerprint density at radius 2 is 1.79 bits per heavy atom. The first-order chi connectivity index (χ1) is 13.5. The SMILES string of the molecule is C=CCN1CCN(c2ccc(NC(=O)CSc3nc(C)cc(C)n3)cc2)CC1. The van der Waals surface area contributed by atoms with E-state index in [1.165, 1.54) is 17.4 Å². The summed E-state index contributed by atoms with van der Waals surface area (Å²) >= 11 is 1.35. The van der Waals surface area contributed by atoms with Crippen molar-refractivity contribution < 1.29 is 4.79 Å². The fraction of sp³-hybridized carbons (Fsp3) is 0.381. The third-order valence-electron chi connectivity index (χ3n) is 4.57. The molecule has 0 bridgehead atoms. The number of nitrogens with one attached hydrogen (secondary N) is 1. The van der Waals surface area contributed by atoms with Gasteiger partial charge in [0.25, 0.3) is 0 Å². The highest BCUT2D eigenvalue weighted by molar-refractivity contribution is 7.99. The van der Waals surface area contributed by atoms with Gasteiger partial charge in [0.05, 0.1) is 5.75 Å². The smallest absolute Gasteiger partial charge is 0.234 e. The third-order valence-corrected chi connectivity index (χ3v) is 5.42. The zero-order valence-corrected chi connectivity index (χ0v) is 17.3. The first-order valence-electron chi connectivity index (χ1n) is 9.46. The van der Waals surface area contributed by atoms with Gasteiger partial charge in [-0.25, -0.2) is 9.97 Å². The van der Waals surface area contributed by atoms with Crippen LogP contribution in [0.25, 0.3) is 0 Å². The topological polar surface area (TPSA) is 61.4 Å². The number of aryl methyl sites for hydroxylation is 2. The number of aromatic nitrogens is 2. The fourth-order valence-corrected chi connectivity index (χ4v) is 3.96. The van der Waals surface area contributed by atoms with E-state index in [2.05, 4.69) is 43.8 Å². The summed E-state index contributed by atoms with van der Waals surface area (Å²) in [5, 5.41) is 3.58. The number of hydrogen-bond acceptors (Lipinski definition) is 6. The summed E-state index contributed by atoms with van der Waals surface area (Å²) in [7, 11) is 0. The van der Waals surface area contributed by atoms with Crippen LogP contribution in [-0.4, -0.2) is 59.3 Å². The summed E-state index contributed by atoms with van der Waals surface area (Å²) in [4.78, 5) is 25.7. The molecule has 28 heavy (non-hydrogen) atoms. The Kier molecular flexibility index (Phi) is 7.06. The Bertz CT molecular complexity index is 796. The lowest BCUT2D eigenvalue weighted by molar-refractivity contribution is -0.113. The van der Waals surface area contributed by atoms with Crippen molar-refractivity contribution >= 4 is 29.0 Å². The van der Waals surface area contributed by atoms with Gasteiger partial charge in [-0.3, -0.25) is 9.69 Å². The first-order valence-corrected chi connectivity index (χ1v) is 10.5. The van der Waals surface area contributed by atoms with E-state index < -0.39 is 0 Å². The molecule has 2 heterocycles. The average molecular weight is 398 g/mol. The van der Waals surface area contributed by atoms with E-state index in [0.29, 0.717) is 5.16 Å². The summed E-state index contributed by atoms with van der Waals surface area (Å²) in [6.45, 7) is 12.7. The van der Waals surface area contributed by atoms with Crippen LogP contribution in [-0.2, 0) is 4.79 Å². The molecule has 1 amide bonds. The minimum atomic E-state index is -0.0569. The predicted octanol–water partition coefficient (Wildman–Crippen LogP) is 3.13. The standard InChI is InChI=1S/C21H27N5OS/c1-4-9-25-10-12-26(13-11-25)19-7-5-18(6-8-19)24-20(27)15-28-21-22-16(2)14-17(3)23-21/h4-8,14H,1,9-13,15H2,2-3H3,(H,24,27). The lowest BCUT2D eigenvalue weighted by Crippen LogP contribution is -2.46. The van der Waals surface area contributed by atoms with Gasteiger partial charge >= 0.3 is 0 Å². The summed E-state index contributed by atoms with van der Waals surface area (Å²) in [5.41, 5.74) is 3.82. The van der Waals surface area contributed by atoms with Gasteiger partial charge < -0.3 is 10.2 Å². The van der Waals surface area contributed by atoms with Gasteiger partial charge in [-0.2, -0.15) is 0 Å². The zero-order valence-electron chi connectivity index (χ0n) is 16.5. The maximum absolute atomic E-state index is 12.2. The molecule has 1 aromatic carbocycles. The van der Waals surface area contributed by atoms with Gasteiger partial charge in [0, 0.05) is 55.5 Å². The maximum Gasteiger partial charge on any atom is 0.234 e. The van der Waals surface area contributed by atoms with E-state index >= 15 is 0 Å². The minimum absolute atomic E-state index is 0.0569. The number of thioether (sulfide) groups is 1. The number of benzene rings is 1. The minimum Gasteiger partial charge on any atom is -0.369 e. The van der Waals surface area contributed by atoms with Gasteiger partial charge in [0.1, 0.15) is 0 Å². The molecular weight excluding hydrogens is 370 g/mol. The monoisotopic (exact) mass is 397 g/mol. The fourth-order valence-electron chi connectivity index (χ4n) is 3.21. The molecule has 1 aliphatic heterocycles. The number of amides is 1. The Labute approximate surface area is 171 Å². The first kappa shape index (κ1) is 20.4. The van der Waals surface area contributed by atoms with E-state index in [-0.39, 0.29) is 11.7 Å². The molecule has 1 fully saturated rings. The van der Waals surface area contributed by atoms with Crippen LogP contribution in [0.1, 0.15) is 11.4 Å². The molecule has 6 nitrogen and oxygen atoms in total. The largest absolute Gasteiger partial charge is 0.369 e. The van der Waals surface area contributed by atoms with Crippen LogP contribution >= 0.6 is 11.8 Å². The van der Waals surface area contributed by atoms with Crippen molar-refractivity contribution in [3.63, 3.8) is 0 Å². The van der Waals surface area contributed by atoms with Crippen LogP contribution in [0, 0.1) is 13.8 Å². The van der Waals surface area contributed by atoms with Crippen molar-refractivity contribution in [2.24, 2.45) is 0 Å². The van der Waals surface area contributed by atoms with Crippen LogP contribution < -0.4 is 10.2 Å². The number of anilines is 2. The number of carbonyl (C=O) groups excluding carboxylic acids is 1. The van der Waals surface area contributed by atoms with Gasteiger partial charge in [-0.1, -0.05) is 17.8 Å². The quantitative estimate of drug-likeness (QED) is 0.440. The zero-order chi connectivity index (χ0) is 19.9. The molecular formula is C21H27N5OS. The normalized spacial score (nSPS) is 14.7. The molecule has 2 aromatic rings. The van der Waals surface area contributed by atoms with Gasteiger partial charge in [0.15, 0.2) is 5.16 Å².